The van der Waals surface area contributed by atoms with E-state index in [0.717, 1.165) is 19.7 Å². The number of nitrogens with one attached hydrogen (secondary N) is 2. The number of morpholine rings is 1. The molecule has 0 aromatic carbocycles. The molecular weight excluding hydrogens is 168 g/mol. The predicted molar refractivity (Wildman–Crippen MR) is 44.6 cm³/mol. The molecule has 0 saturated carbocycles. The molecule has 11 heavy (non-hydrogen) atoms. The van der Waals surface area contributed by atoms with Crippen molar-refractivity contribution < 1.29 is 9.57 Å². The number of halogens is 1. The Bertz CT molecular complexity index is 88.7. The standard InChI is InChI=1S/C6H14N2O2.ClH/c1-2-10-8-6-5-7-3-4-9-6;/h6-8H,2-5H2,1H3;1H. The van der Waals surface area contributed by atoms with E-state index in [9.17, 15) is 0 Å². The zero-order chi connectivity index (χ0) is 7.23. The number of hydrogen-bond acceptors (Lipinski definition) is 4. The number of rotatable bonds is 3. The summed E-state index contributed by atoms with van der Waals surface area (Å²) in [4.78, 5) is 4.96. The van der Waals surface area contributed by atoms with Crippen LogP contribution in [-0.4, -0.2) is 32.5 Å². The van der Waals surface area contributed by atoms with Gasteiger partial charge in [0.25, 0.3) is 0 Å². The van der Waals surface area contributed by atoms with Crippen LogP contribution in [0.4, 0.5) is 0 Å². The van der Waals surface area contributed by atoms with Crippen molar-refractivity contribution in [2.75, 3.05) is 26.3 Å². The molecule has 1 atom stereocenters. The Morgan fingerprint density at radius 1 is 1.73 bits per heavy atom. The van der Waals surface area contributed by atoms with Gasteiger partial charge < -0.3 is 10.1 Å². The molecule has 1 saturated heterocycles. The van der Waals surface area contributed by atoms with Crippen LogP contribution in [-0.2, 0) is 9.57 Å². The van der Waals surface area contributed by atoms with Gasteiger partial charge >= 0.3 is 0 Å². The summed E-state index contributed by atoms with van der Waals surface area (Å²) >= 11 is 0. The Labute approximate surface area is 73.0 Å². The van der Waals surface area contributed by atoms with Gasteiger partial charge in [-0.3, -0.25) is 4.84 Å². The molecule has 2 N–H and O–H groups in total. The molecule has 1 unspecified atom stereocenters. The molecular formula is C6H15ClN2O2. The van der Waals surface area contributed by atoms with E-state index >= 15 is 0 Å². The molecule has 4 nitrogen and oxygen atoms in total. The fourth-order valence-electron chi connectivity index (χ4n) is 0.817. The molecule has 0 bridgehead atoms. The van der Waals surface area contributed by atoms with Gasteiger partial charge in [-0.2, -0.15) is 5.48 Å². The van der Waals surface area contributed by atoms with Crippen LogP contribution in [0.15, 0.2) is 0 Å². The summed E-state index contributed by atoms with van der Waals surface area (Å²) < 4.78 is 5.28. The largest absolute Gasteiger partial charge is 0.359 e. The molecule has 68 valence electrons. The SMILES string of the molecule is CCONC1CNCCO1.Cl. The van der Waals surface area contributed by atoms with Gasteiger partial charge in [-0.05, 0) is 6.92 Å². The van der Waals surface area contributed by atoms with E-state index in [1.54, 1.807) is 0 Å². The third-order valence-corrected chi connectivity index (χ3v) is 1.29. The molecule has 1 aliphatic rings. The van der Waals surface area contributed by atoms with E-state index in [-0.39, 0.29) is 18.6 Å². The second-order valence-corrected chi connectivity index (χ2v) is 2.11. The second-order valence-electron chi connectivity index (χ2n) is 2.11. The van der Waals surface area contributed by atoms with Crippen molar-refractivity contribution >= 4 is 12.4 Å². The summed E-state index contributed by atoms with van der Waals surface area (Å²) in [5, 5.41) is 3.18. The van der Waals surface area contributed by atoms with Crippen molar-refractivity contribution in [3.63, 3.8) is 0 Å². The van der Waals surface area contributed by atoms with E-state index in [4.69, 9.17) is 9.57 Å². The zero-order valence-corrected chi connectivity index (χ0v) is 7.45. The zero-order valence-electron chi connectivity index (χ0n) is 6.63. The van der Waals surface area contributed by atoms with E-state index in [1.165, 1.54) is 0 Å². The Morgan fingerprint density at radius 2 is 2.55 bits per heavy atom. The fraction of sp³-hybridized carbons (Fsp3) is 1.00. The van der Waals surface area contributed by atoms with Crippen molar-refractivity contribution in [1.82, 2.24) is 10.8 Å². The summed E-state index contributed by atoms with van der Waals surface area (Å²) in [6.07, 6.45) is 0.0219. The molecule has 1 rings (SSSR count). The lowest BCUT2D eigenvalue weighted by Gasteiger charge is -2.23. The van der Waals surface area contributed by atoms with Crippen molar-refractivity contribution in [3.8, 4) is 0 Å². The van der Waals surface area contributed by atoms with Gasteiger partial charge in [-0.15, -0.1) is 12.4 Å². The number of ether oxygens (including phenoxy) is 1. The lowest BCUT2D eigenvalue weighted by atomic mass is 10.5. The van der Waals surface area contributed by atoms with Crippen molar-refractivity contribution in [3.05, 3.63) is 0 Å². The van der Waals surface area contributed by atoms with Crippen molar-refractivity contribution in [2.45, 2.75) is 13.2 Å². The normalized spacial score (nSPS) is 24.3. The molecule has 5 heteroatoms. The van der Waals surface area contributed by atoms with Crippen molar-refractivity contribution in [1.29, 1.82) is 0 Å². The minimum atomic E-state index is 0. The molecule has 0 spiro atoms. The quantitative estimate of drug-likeness (QED) is 0.599. The van der Waals surface area contributed by atoms with Gasteiger partial charge in [-0.25, -0.2) is 0 Å². The maximum atomic E-state index is 5.28. The Hall–Kier alpha value is 0.130. The highest BCUT2D eigenvalue weighted by Crippen LogP contribution is 1.90. The van der Waals surface area contributed by atoms with Gasteiger partial charge in [0, 0.05) is 13.1 Å². The monoisotopic (exact) mass is 182 g/mol. The van der Waals surface area contributed by atoms with Crippen LogP contribution in [0.1, 0.15) is 6.92 Å². The lowest BCUT2D eigenvalue weighted by molar-refractivity contribution is -0.0974. The van der Waals surface area contributed by atoms with Crippen LogP contribution >= 0.6 is 12.4 Å². The summed E-state index contributed by atoms with van der Waals surface area (Å²) in [6.45, 7) is 5.11. The summed E-state index contributed by atoms with van der Waals surface area (Å²) in [6, 6.07) is 0. The highest BCUT2D eigenvalue weighted by molar-refractivity contribution is 5.85. The number of hydrogen-bond donors (Lipinski definition) is 2. The topological polar surface area (TPSA) is 42.5 Å². The molecule has 0 amide bonds. The maximum absolute atomic E-state index is 5.28. The van der Waals surface area contributed by atoms with Crippen LogP contribution in [0.3, 0.4) is 0 Å². The van der Waals surface area contributed by atoms with Gasteiger partial charge in [0.1, 0.15) is 6.23 Å². The summed E-state index contributed by atoms with van der Waals surface area (Å²) in [5.74, 6) is 0. The third kappa shape index (κ3) is 4.55. The van der Waals surface area contributed by atoms with E-state index < -0.39 is 0 Å². The Kier molecular flexibility index (Phi) is 6.90. The van der Waals surface area contributed by atoms with Gasteiger partial charge in [0.15, 0.2) is 0 Å². The molecule has 0 radical (unpaired) electrons. The van der Waals surface area contributed by atoms with Crippen LogP contribution in [0, 0.1) is 0 Å². The third-order valence-electron chi connectivity index (χ3n) is 1.29. The second kappa shape index (κ2) is 6.82. The smallest absolute Gasteiger partial charge is 0.142 e. The number of hydroxylamine groups is 1. The van der Waals surface area contributed by atoms with Crippen LogP contribution < -0.4 is 10.8 Å². The Balaban J connectivity index is 0.000001000. The van der Waals surface area contributed by atoms with E-state index in [1.807, 2.05) is 6.92 Å². The average Bonchev–Trinajstić information content (AvgIpc) is 2.03. The van der Waals surface area contributed by atoms with Crippen molar-refractivity contribution in [2.24, 2.45) is 0 Å². The molecule has 0 aliphatic carbocycles. The minimum Gasteiger partial charge on any atom is -0.359 e. The van der Waals surface area contributed by atoms with Crippen LogP contribution in [0.2, 0.25) is 0 Å². The fourth-order valence-corrected chi connectivity index (χ4v) is 0.817. The molecule has 0 aromatic rings. The van der Waals surface area contributed by atoms with Crippen LogP contribution in [0.5, 0.6) is 0 Å². The predicted octanol–water partition coefficient (Wildman–Crippen LogP) is -0.105. The summed E-state index contributed by atoms with van der Waals surface area (Å²) in [7, 11) is 0. The molecule has 0 aromatic heterocycles. The minimum absolute atomic E-state index is 0. The maximum Gasteiger partial charge on any atom is 0.142 e. The summed E-state index contributed by atoms with van der Waals surface area (Å²) in [5.41, 5.74) is 2.79. The lowest BCUT2D eigenvalue weighted by Crippen LogP contribution is -2.46. The highest BCUT2D eigenvalue weighted by Gasteiger charge is 2.11. The highest BCUT2D eigenvalue weighted by atomic mass is 35.5. The van der Waals surface area contributed by atoms with Gasteiger partial charge in [-0.1, -0.05) is 0 Å². The first-order valence-electron chi connectivity index (χ1n) is 3.63. The van der Waals surface area contributed by atoms with Gasteiger partial charge in [0.05, 0.1) is 13.2 Å². The van der Waals surface area contributed by atoms with E-state index in [2.05, 4.69) is 10.8 Å². The average molecular weight is 183 g/mol. The molecule has 1 heterocycles. The first-order chi connectivity index (χ1) is 4.93. The van der Waals surface area contributed by atoms with E-state index in [0.29, 0.717) is 6.61 Å². The van der Waals surface area contributed by atoms with Gasteiger partial charge in [0.2, 0.25) is 0 Å². The first kappa shape index (κ1) is 11.1. The molecule has 1 fully saturated rings. The Morgan fingerprint density at radius 3 is 3.09 bits per heavy atom. The van der Waals surface area contributed by atoms with Crippen LogP contribution in [0.25, 0.3) is 0 Å². The first-order valence-corrected chi connectivity index (χ1v) is 3.63. The molecule has 1 aliphatic heterocycles.